The van der Waals surface area contributed by atoms with Crippen molar-refractivity contribution in [1.82, 2.24) is 73.2 Å². The third-order valence-corrected chi connectivity index (χ3v) is 17.8. The van der Waals surface area contributed by atoms with Crippen LogP contribution in [0.5, 0.6) is 0 Å². The lowest BCUT2D eigenvalue weighted by atomic mass is 9.92. The Bertz CT molecular complexity index is 5510. The predicted molar refractivity (Wildman–Crippen MR) is 365 cm³/mol. The molecular weight excluding hydrogens is 1380 g/mol. The smallest absolute Gasteiger partial charge is 0.410 e. The summed E-state index contributed by atoms with van der Waals surface area (Å²) in [5.41, 5.74) is -4.67. The highest BCUT2D eigenvalue weighted by atomic mass is 19.2. The molecule has 0 bridgehead atoms. The number of fused-ring (bicyclic) bond motifs is 6. The number of carbonyl (C=O) groups excluding carboxylic acids is 1. The molecule has 0 atom stereocenters. The summed E-state index contributed by atoms with van der Waals surface area (Å²) in [5.74, 6) is -4.68. The van der Waals surface area contributed by atoms with Crippen LogP contribution in [0, 0.1) is 55.7 Å². The van der Waals surface area contributed by atoms with Gasteiger partial charge in [0.15, 0.2) is 51.4 Å². The number of pyridine rings is 3. The molecule has 0 spiro atoms. The Balaban J connectivity index is 0.000000151. The van der Waals surface area contributed by atoms with Gasteiger partial charge < -0.3 is 58.2 Å². The molecule has 33 heteroatoms. The lowest BCUT2D eigenvalue weighted by Crippen LogP contribution is -2.46. The molecule has 3 aliphatic heterocycles. The molecule has 3 aromatic carbocycles. The van der Waals surface area contributed by atoms with Gasteiger partial charge in [-0.25, -0.2) is 74.2 Å². The number of nitrogens with one attached hydrogen (secondary N) is 4. The third-order valence-electron chi connectivity index (χ3n) is 17.8. The zero-order valence-electron chi connectivity index (χ0n) is 56.9. The van der Waals surface area contributed by atoms with Gasteiger partial charge in [0.2, 0.25) is 0 Å². The zero-order valence-corrected chi connectivity index (χ0v) is 56.9. The van der Waals surface area contributed by atoms with E-state index in [0.29, 0.717) is 71.1 Å². The van der Waals surface area contributed by atoms with E-state index in [-0.39, 0.29) is 137 Å². The fourth-order valence-corrected chi connectivity index (χ4v) is 12.6. The van der Waals surface area contributed by atoms with Crippen LogP contribution in [0.3, 0.4) is 0 Å². The van der Waals surface area contributed by atoms with E-state index in [4.69, 9.17) is 24.5 Å². The Morgan fingerprint density at radius 3 is 1.06 bits per heavy atom. The van der Waals surface area contributed by atoms with Crippen LogP contribution in [0.4, 0.5) is 44.3 Å². The van der Waals surface area contributed by atoms with E-state index < -0.39 is 80.3 Å². The SMILES string of the molecule is Cc1cn2cc(-c3cc(F)c4nc(C5(F)CCN(C(=O)OC(C)(C)C)CC5)[nH]c(=O)c4c3)cc(F)c2n1.Cc1cn2cc(-c3cc(F)c4nc(C5(F)CCN(C)CC5)[nH]c(=O)c4c3)cc(F)c2n1.Cc1cn2cc(-c3cc(F)c4nc(C5(F)CCNCC5)[nH]c(=O)c4c3)cc(F)c2n1.O=CO.O=CO. The fraction of sp³-hybridized carbons (Fsp3) is 0.324. The Labute approximate surface area is 583 Å². The van der Waals surface area contributed by atoms with Gasteiger partial charge in [0.05, 0.1) is 33.2 Å². The van der Waals surface area contributed by atoms with Crippen LogP contribution >= 0.6 is 0 Å². The molecule has 24 nitrogen and oxygen atoms in total. The second-order valence-corrected chi connectivity index (χ2v) is 26.5. The van der Waals surface area contributed by atoms with Crippen LogP contribution in [-0.2, 0) is 31.3 Å². The Hall–Kier alpha value is -11.4. The van der Waals surface area contributed by atoms with Gasteiger partial charge >= 0.3 is 6.09 Å². The first-order valence-electron chi connectivity index (χ1n) is 32.5. The van der Waals surface area contributed by atoms with E-state index in [0.717, 1.165) is 6.07 Å². The number of hydrogen-bond donors (Lipinski definition) is 6. The molecule has 544 valence electrons. The summed E-state index contributed by atoms with van der Waals surface area (Å²) in [7, 11) is 1.89. The molecule has 0 saturated carbocycles. The molecular formula is C71H68F9N15O9. The van der Waals surface area contributed by atoms with Crippen LogP contribution in [0.1, 0.15) is 93.9 Å². The molecule has 0 unspecified atom stereocenters. The van der Waals surface area contributed by atoms with Crippen LogP contribution < -0.4 is 22.0 Å². The molecule has 0 aliphatic carbocycles. The van der Waals surface area contributed by atoms with Crippen LogP contribution in [0.15, 0.2) is 106 Å². The second-order valence-electron chi connectivity index (χ2n) is 26.5. The van der Waals surface area contributed by atoms with E-state index in [1.165, 1.54) is 66.6 Å². The van der Waals surface area contributed by atoms with Crippen LogP contribution in [0.2, 0.25) is 0 Å². The number of aromatic amines is 3. The van der Waals surface area contributed by atoms with Crippen molar-refractivity contribution in [3.63, 3.8) is 0 Å². The summed E-state index contributed by atoms with van der Waals surface area (Å²) in [6, 6.07) is 11.5. The van der Waals surface area contributed by atoms with E-state index in [1.807, 2.05) is 11.9 Å². The maximum Gasteiger partial charge on any atom is 0.410 e. The number of ether oxygens (including phenoxy) is 1. The first-order chi connectivity index (χ1) is 49.2. The van der Waals surface area contributed by atoms with Gasteiger partial charge in [-0.3, -0.25) is 24.0 Å². The first kappa shape index (κ1) is 73.9. The maximum atomic E-state index is 15.9. The van der Waals surface area contributed by atoms with Crippen molar-refractivity contribution >= 4 is 68.7 Å². The molecule has 9 aromatic heterocycles. The number of imidazole rings is 3. The minimum absolute atomic E-state index is 0.0161. The number of rotatable bonds is 6. The van der Waals surface area contributed by atoms with Gasteiger partial charge in [-0.15, -0.1) is 0 Å². The monoisotopic (exact) mass is 1450 g/mol. The number of H-pyrrole nitrogens is 3. The molecule has 0 radical (unpaired) electrons. The average Bonchev–Trinajstić information content (AvgIpc) is 0.785. The van der Waals surface area contributed by atoms with Gasteiger partial charge in [0.1, 0.15) is 57.1 Å². The quantitative estimate of drug-likeness (QED) is 0.0666. The summed E-state index contributed by atoms with van der Waals surface area (Å²) < 4.78 is 145. The minimum atomic E-state index is -2.05. The van der Waals surface area contributed by atoms with Crippen molar-refractivity contribution in [2.24, 2.45) is 0 Å². The largest absolute Gasteiger partial charge is 0.483 e. The van der Waals surface area contributed by atoms with Crippen molar-refractivity contribution in [2.75, 3.05) is 46.3 Å². The number of likely N-dealkylation sites (tertiary alicyclic amines) is 2. The highest BCUT2D eigenvalue weighted by Crippen LogP contribution is 2.39. The summed E-state index contributed by atoms with van der Waals surface area (Å²) in [6.07, 6.45) is 9.56. The van der Waals surface area contributed by atoms with Crippen LogP contribution in [-0.4, -0.2) is 149 Å². The standard InChI is InChI=1S/C26H26F3N5O3.C22H20F3N5O.C21H18F3N5O.2CH2O2/c1-14-12-34-13-16(11-19(28)21(34)30-14)15-9-17-20(18(27)10-15)31-23(32-22(17)35)26(29)5-7-33(8-6-26)24(36)37-25(2,3)4;1-12-10-30-11-14(9-17(24)19(30)26-12)13-7-15-18(16(23)8-13)27-21(28-20(15)31)22(25)3-5-29(2)6-4-22;1-11-9-29-10-13(8-16(23)18(29)26-11)12-6-14-17(15(22)7-12)27-20(28-19(14)30)21(24)2-4-25-5-3-21;2*2-1-3/h9-13H,5-8H2,1-4H3,(H,31,32,35);7-11H,3-6H2,1-2H3,(H,27,28,31);6-10,25H,2-5H2,1H3,(H,27,28,30);2*1H,(H,2,3). The van der Waals surface area contributed by atoms with E-state index in [1.54, 1.807) is 78.7 Å². The lowest BCUT2D eigenvalue weighted by molar-refractivity contribution is -0.123. The first-order valence-corrected chi connectivity index (χ1v) is 32.5. The van der Waals surface area contributed by atoms with Crippen molar-refractivity contribution in [3.05, 3.63) is 192 Å². The molecule has 3 fully saturated rings. The number of halogens is 9. The van der Waals surface area contributed by atoms with E-state index in [2.05, 4.69) is 50.2 Å². The van der Waals surface area contributed by atoms with Crippen molar-refractivity contribution in [3.8, 4) is 33.4 Å². The topological polar surface area (TPSA) is 309 Å². The Morgan fingerprint density at radius 2 is 0.750 bits per heavy atom. The van der Waals surface area contributed by atoms with Crippen LogP contribution in [0.25, 0.3) is 83.0 Å². The Kier molecular flexibility index (Phi) is 20.7. The number of aromatic nitrogens is 12. The molecule has 1 amide bonds. The predicted octanol–water partition coefficient (Wildman–Crippen LogP) is 11.5. The number of nitrogens with zero attached hydrogens (tertiary/aromatic N) is 11. The zero-order chi connectivity index (χ0) is 75.1. The van der Waals surface area contributed by atoms with Gasteiger partial charge in [0, 0.05) is 119 Å². The lowest BCUT2D eigenvalue weighted by Gasteiger charge is -2.36. The molecule has 12 heterocycles. The number of aryl methyl sites for hydroxylation is 3. The molecule has 6 N–H and O–H groups in total. The summed E-state index contributed by atoms with van der Waals surface area (Å²) >= 11 is 0. The molecule has 3 saturated heterocycles. The number of hydrogen-bond acceptors (Lipinski definition) is 15. The number of amides is 1. The molecule has 12 aromatic rings. The highest BCUT2D eigenvalue weighted by molar-refractivity contribution is 5.87. The number of carbonyl (C=O) groups is 3. The summed E-state index contributed by atoms with van der Waals surface area (Å²) in [4.78, 5) is 103. The molecule has 3 aliphatic rings. The van der Waals surface area contributed by atoms with Gasteiger partial charge in [0.25, 0.3) is 29.6 Å². The molecule has 104 heavy (non-hydrogen) atoms. The number of carboxylic acid groups (broad SMARTS) is 2. The normalized spacial score (nSPS) is 15.7. The third kappa shape index (κ3) is 15.4. The van der Waals surface area contributed by atoms with Gasteiger partial charge in [-0.1, -0.05) is 0 Å². The average molecular weight is 1450 g/mol. The number of alkyl halides is 3. The summed E-state index contributed by atoms with van der Waals surface area (Å²) in [6.45, 7) is 12.0. The van der Waals surface area contributed by atoms with Crippen molar-refractivity contribution < 1.29 is 68.8 Å². The molecule has 15 rings (SSSR count). The van der Waals surface area contributed by atoms with E-state index in [9.17, 15) is 36.7 Å². The Morgan fingerprint density at radius 1 is 0.462 bits per heavy atom. The highest BCUT2D eigenvalue weighted by Gasteiger charge is 2.42. The number of piperidine rings is 3. The fourth-order valence-electron chi connectivity index (χ4n) is 12.6. The van der Waals surface area contributed by atoms with Gasteiger partial charge in [-0.05, 0) is 133 Å². The summed E-state index contributed by atoms with van der Waals surface area (Å²) in [5, 5.41) is 16.7. The second kappa shape index (κ2) is 29.2. The number of benzene rings is 3. The van der Waals surface area contributed by atoms with Crippen molar-refractivity contribution in [2.45, 2.75) is 103 Å². The minimum Gasteiger partial charge on any atom is -0.483 e. The van der Waals surface area contributed by atoms with E-state index >= 15 is 22.0 Å². The van der Waals surface area contributed by atoms with Crippen molar-refractivity contribution in [1.29, 1.82) is 0 Å². The maximum absolute atomic E-state index is 15.9. The van der Waals surface area contributed by atoms with Gasteiger partial charge in [-0.2, -0.15) is 0 Å².